The second-order valence-corrected chi connectivity index (χ2v) is 6.61. The minimum atomic E-state index is -0.587. The van der Waals surface area contributed by atoms with E-state index in [4.69, 9.17) is 4.74 Å². The molecule has 2 N–H and O–H groups in total. The van der Waals surface area contributed by atoms with E-state index in [1.807, 2.05) is 0 Å². The van der Waals surface area contributed by atoms with Crippen molar-refractivity contribution in [1.82, 2.24) is 15.0 Å². The van der Waals surface area contributed by atoms with Gasteiger partial charge in [-0.1, -0.05) is 17.8 Å². The first-order valence-corrected chi connectivity index (χ1v) is 8.89. The highest BCUT2D eigenvalue weighted by atomic mass is 32.2. The van der Waals surface area contributed by atoms with Crippen LogP contribution in [0.15, 0.2) is 58.4 Å². The zero-order chi connectivity index (χ0) is 18.7. The Morgan fingerprint density at radius 3 is 2.81 bits per heavy atom. The molecule has 0 fully saturated rings. The third-order valence-corrected chi connectivity index (χ3v) is 4.87. The van der Waals surface area contributed by atoms with Gasteiger partial charge in [-0.15, -0.1) is 6.58 Å². The molecule has 0 amide bonds. The molecule has 0 unspecified atom stereocenters. The van der Waals surface area contributed by atoms with Gasteiger partial charge in [0.05, 0.1) is 24.2 Å². The number of aromatic nitrogens is 3. The number of rotatable bonds is 5. The Balaban J connectivity index is 2.20. The van der Waals surface area contributed by atoms with E-state index in [0.717, 1.165) is 5.56 Å². The van der Waals surface area contributed by atoms with Gasteiger partial charge in [0.1, 0.15) is 5.82 Å². The highest BCUT2D eigenvalue weighted by Crippen LogP contribution is 2.39. The molecular weight excluding hydrogens is 352 g/mol. The number of allylic oxidation sites excluding steroid dienone is 1. The molecule has 2 aromatic rings. The summed E-state index contributed by atoms with van der Waals surface area (Å²) in [5.41, 5.74) is 1.82. The van der Waals surface area contributed by atoms with Gasteiger partial charge in [-0.3, -0.25) is 9.78 Å². The Morgan fingerprint density at radius 2 is 2.15 bits per heavy atom. The van der Waals surface area contributed by atoms with Crippen molar-refractivity contribution in [2.45, 2.75) is 18.0 Å². The lowest BCUT2D eigenvalue weighted by molar-refractivity contribution is -0.136. The standard InChI is InChI=1S/C18H18N4O3S/c1-4-9-26-18-21-15-14(16(23)22-18)13(11-5-7-19-8-6-11)12(10(2)20-15)17(24)25-3/h4-8,13H,1,9H2,2-3H3,(H2,20,21,22,23)/t13-/m1/s1. The quantitative estimate of drug-likeness (QED) is 0.361. The summed E-state index contributed by atoms with van der Waals surface area (Å²) >= 11 is 1.37. The van der Waals surface area contributed by atoms with Crippen LogP contribution in [0.4, 0.5) is 5.82 Å². The Bertz CT molecular complexity index is 937. The maximum atomic E-state index is 12.8. The molecule has 1 atom stereocenters. The number of pyridine rings is 1. The maximum absolute atomic E-state index is 12.8. The molecular formula is C18H18N4O3S. The van der Waals surface area contributed by atoms with Crippen molar-refractivity contribution in [2.75, 3.05) is 18.2 Å². The van der Waals surface area contributed by atoms with Crippen LogP contribution in [0.3, 0.4) is 0 Å². The summed E-state index contributed by atoms with van der Waals surface area (Å²) in [5, 5.41) is 3.57. The van der Waals surface area contributed by atoms with Crippen LogP contribution in [0.5, 0.6) is 0 Å². The fraction of sp³-hybridized carbons (Fsp3) is 0.222. The first-order chi connectivity index (χ1) is 12.6. The topological polar surface area (TPSA) is 97.0 Å². The number of ether oxygens (including phenoxy) is 1. The summed E-state index contributed by atoms with van der Waals surface area (Å²) in [6, 6.07) is 3.55. The highest BCUT2D eigenvalue weighted by molar-refractivity contribution is 7.99. The van der Waals surface area contributed by atoms with Crippen molar-refractivity contribution >= 4 is 23.5 Å². The molecule has 134 valence electrons. The van der Waals surface area contributed by atoms with Crippen LogP contribution in [0.25, 0.3) is 0 Å². The van der Waals surface area contributed by atoms with Crippen molar-refractivity contribution < 1.29 is 9.53 Å². The number of hydrogen-bond acceptors (Lipinski definition) is 7. The molecule has 3 heterocycles. The summed E-state index contributed by atoms with van der Waals surface area (Å²) in [6.07, 6.45) is 4.98. The molecule has 7 nitrogen and oxygen atoms in total. The molecule has 3 rings (SSSR count). The number of carbonyl (C=O) groups excluding carboxylic acids is 1. The first kappa shape index (κ1) is 17.9. The number of nitrogens with zero attached hydrogens (tertiary/aromatic N) is 2. The van der Waals surface area contributed by atoms with Gasteiger partial charge in [0.2, 0.25) is 0 Å². The number of anilines is 1. The van der Waals surface area contributed by atoms with Crippen LogP contribution >= 0.6 is 11.8 Å². The van der Waals surface area contributed by atoms with E-state index in [2.05, 4.69) is 26.8 Å². The molecule has 0 saturated carbocycles. The molecule has 0 radical (unpaired) electrons. The van der Waals surface area contributed by atoms with Crippen molar-refractivity contribution in [3.05, 3.63) is 69.9 Å². The highest BCUT2D eigenvalue weighted by Gasteiger charge is 2.36. The maximum Gasteiger partial charge on any atom is 0.336 e. The third kappa shape index (κ3) is 3.28. The van der Waals surface area contributed by atoms with Gasteiger partial charge in [0, 0.05) is 23.8 Å². The number of fused-ring (bicyclic) bond motifs is 1. The van der Waals surface area contributed by atoms with Gasteiger partial charge >= 0.3 is 5.97 Å². The van der Waals surface area contributed by atoms with Crippen LogP contribution in [-0.4, -0.2) is 33.8 Å². The Morgan fingerprint density at radius 1 is 1.42 bits per heavy atom. The number of hydrogen-bond donors (Lipinski definition) is 2. The Hall–Kier alpha value is -2.87. The lowest BCUT2D eigenvalue weighted by atomic mass is 9.83. The Kier molecular flexibility index (Phi) is 5.22. The smallest absolute Gasteiger partial charge is 0.336 e. The van der Waals surface area contributed by atoms with Gasteiger partial charge in [0.25, 0.3) is 5.56 Å². The number of carbonyl (C=O) groups is 1. The molecule has 26 heavy (non-hydrogen) atoms. The van der Waals surface area contributed by atoms with Gasteiger partial charge in [-0.05, 0) is 24.6 Å². The lowest BCUT2D eigenvalue weighted by Crippen LogP contribution is -2.31. The van der Waals surface area contributed by atoms with Crippen LogP contribution in [-0.2, 0) is 9.53 Å². The summed E-state index contributed by atoms with van der Waals surface area (Å²) in [4.78, 5) is 36.5. The minimum absolute atomic E-state index is 0.301. The summed E-state index contributed by atoms with van der Waals surface area (Å²) < 4.78 is 4.94. The molecule has 0 aliphatic carbocycles. The van der Waals surface area contributed by atoms with Crippen molar-refractivity contribution in [3.8, 4) is 0 Å². The monoisotopic (exact) mass is 370 g/mol. The number of methoxy groups -OCH3 is 1. The van der Waals surface area contributed by atoms with Gasteiger partial charge in [0.15, 0.2) is 5.16 Å². The van der Waals surface area contributed by atoms with E-state index in [-0.39, 0.29) is 5.56 Å². The van der Waals surface area contributed by atoms with Crippen LogP contribution in [0.1, 0.15) is 24.0 Å². The average molecular weight is 370 g/mol. The minimum Gasteiger partial charge on any atom is -0.466 e. The molecule has 0 bridgehead atoms. The molecule has 2 aromatic heterocycles. The number of nitrogens with one attached hydrogen (secondary N) is 2. The number of H-pyrrole nitrogens is 1. The van der Waals surface area contributed by atoms with E-state index < -0.39 is 11.9 Å². The molecule has 0 aromatic carbocycles. The SMILES string of the molecule is C=CCSc1nc2c(c(=O)[nH]1)[C@H](c1ccncc1)C(C(=O)OC)=C(C)N2. The summed E-state index contributed by atoms with van der Waals surface area (Å²) in [7, 11) is 1.32. The van der Waals surface area contributed by atoms with E-state index in [9.17, 15) is 9.59 Å². The van der Waals surface area contributed by atoms with E-state index in [1.165, 1.54) is 18.9 Å². The summed E-state index contributed by atoms with van der Waals surface area (Å²) in [5.74, 6) is -0.0202. The van der Waals surface area contributed by atoms with E-state index in [0.29, 0.717) is 33.6 Å². The molecule has 0 saturated heterocycles. The Labute approximate surface area is 154 Å². The second kappa shape index (κ2) is 7.57. The zero-order valence-corrected chi connectivity index (χ0v) is 15.2. The van der Waals surface area contributed by atoms with Crippen molar-refractivity contribution in [2.24, 2.45) is 0 Å². The normalized spacial score (nSPS) is 15.8. The predicted molar refractivity (Wildman–Crippen MR) is 100 cm³/mol. The van der Waals surface area contributed by atoms with Crippen LogP contribution in [0, 0.1) is 0 Å². The lowest BCUT2D eigenvalue weighted by Gasteiger charge is -2.28. The van der Waals surface area contributed by atoms with Crippen LogP contribution in [0.2, 0.25) is 0 Å². The third-order valence-electron chi connectivity index (χ3n) is 4.00. The summed E-state index contributed by atoms with van der Waals surface area (Å²) in [6.45, 7) is 5.43. The fourth-order valence-electron chi connectivity index (χ4n) is 2.91. The first-order valence-electron chi connectivity index (χ1n) is 7.90. The number of thioether (sulfide) groups is 1. The van der Waals surface area contributed by atoms with Gasteiger partial charge in [-0.25, -0.2) is 9.78 Å². The predicted octanol–water partition coefficient (Wildman–Crippen LogP) is 2.45. The van der Waals surface area contributed by atoms with Crippen LogP contribution < -0.4 is 10.9 Å². The van der Waals surface area contributed by atoms with Gasteiger partial charge in [-0.2, -0.15) is 0 Å². The zero-order valence-electron chi connectivity index (χ0n) is 14.4. The molecule has 1 aliphatic rings. The van der Waals surface area contributed by atoms with Gasteiger partial charge < -0.3 is 15.0 Å². The molecule has 0 spiro atoms. The fourth-order valence-corrected chi connectivity index (χ4v) is 3.50. The van der Waals surface area contributed by atoms with Crippen molar-refractivity contribution in [3.63, 3.8) is 0 Å². The number of esters is 1. The number of aromatic amines is 1. The van der Waals surface area contributed by atoms with E-state index in [1.54, 1.807) is 37.5 Å². The largest absolute Gasteiger partial charge is 0.466 e. The molecule has 1 aliphatic heterocycles. The van der Waals surface area contributed by atoms with E-state index >= 15 is 0 Å². The average Bonchev–Trinajstić information content (AvgIpc) is 2.65. The second-order valence-electron chi connectivity index (χ2n) is 5.60. The van der Waals surface area contributed by atoms with Crippen molar-refractivity contribution in [1.29, 1.82) is 0 Å². The molecule has 8 heteroatoms.